The van der Waals surface area contributed by atoms with Gasteiger partial charge in [0.05, 0.1) is 0 Å². The molecule has 1 aromatic carbocycles. The van der Waals surface area contributed by atoms with Crippen LogP contribution in [0.25, 0.3) is 0 Å². The Morgan fingerprint density at radius 3 is 0.875 bits per heavy atom. The molecule has 24 heavy (non-hydrogen) atoms. The smallest absolute Gasteiger partial charge is 0.230 e. The molecule has 0 amide bonds. The van der Waals surface area contributed by atoms with Gasteiger partial charge in [0.15, 0.2) is 0 Å². The largest absolute Gasteiger partial charge is 0.426 e. The molecule has 0 aliphatic carbocycles. The van der Waals surface area contributed by atoms with Crippen molar-refractivity contribution in [2.75, 3.05) is 0 Å². The molecule has 1 aromatic rings. The van der Waals surface area contributed by atoms with Gasteiger partial charge in [-0.15, -0.1) is 0 Å². The fourth-order valence-electron chi connectivity index (χ4n) is 1.62. The summed E-state index contributed by atoms with van der Waals surface area (Å²) in [4.78, 5) is 0. The summed E-state index contributed by atoms with van der Waals surface area (Å²) >= 11 is 0. The lowest BCUT2D eigenvalue weighted by Gasteiger charge is -2.25. The van der Waals surface area contributed by atoms with Gasteiger partial charge >= 0.3 is 24.2 Å². The van der Waals surface area contributed by atoms with Crippen LogP contribution in [0.3, 0.4) is 0 Å². The molecule has 1 rings (SSSR count). The molecule has 0 saturated carbocycles. The third-order valence-corrected chi connectivity index (χ3v) is 2.87. The van der Waals surface area contributed by atoms with E-state index in [1.54, 1.807) is 0 Å². The molecule has 0 heterocycles. The number of hydrogen-bond acceptors (Lipinski definition) is 0. The summed E-state index contributed by atoms with van der Waals surface area (Å²) in [5, 5.41) is 0. The molecule has 0 radical (unpaired) electrons. The lowest BCUT2D eigenvalue weighted by atomic mass is 9.98. The lowest BCUT2D eigenvalue weighted by Crippen LogP contribution is -2.40. The summed E-state index contributed by atoms with van der Waals surface area (Å²) in [6.07, 6.45) is -21.3. The van der Waals surface area contributed by atoms with Crippen LogP contribution >= 0.6 is 0 Å². The van der Waals surface area contributed by atoms with E-state index in [0.717, 1.165) is 0 Å². The minimum absolute atomic E-state index is 0.134. The highest BCUT2D eigenvalue weighted by atomic mass is 19.4. The van der Waals surface area contributed by atoms with Gasteiger partial charge < -0.3 is 0 Å². The van der Waals surface area contributed by atoms with E-state index in [1.807, 2.05) is 0 Å². The van der Waals surface area contributed by atoms with E-state index in [-0.39, 0.29) is 24.3 Å². The van der Waals surface area contributed by atoms with E-state index in [9.17, 15) is 52.7 Å². The van der Waals surface area contributed by atoms with E-state index >= 15 is 0 Å². The quantitative estimate of drug-likeness (QED) is 0.593. The molecule has 2 unspecified atom stereocenters. The van der Waals surface area contributed by atoms with Gasteiger partial charge in [-0.25, -0.2) is 8.78 Å². The first-order valence-electron chi connectivity index (χ1n) is 5.80. The molecular weight excluding hydrogens is 372 g/mol. The van der Waals surface area contributed by atoms with Crippen molar-refractivity contribution in [3.05, 3.63) is 35.4 Å². The molecule has 0 spiro atoms. The van der Waals surface area contributed by atoms with Crippen molar-refractivity contribution in [3.8, 4) is 0 Å². The van der Waals surface area contributed by atoms with Crippen LogP contribution in [0.2, 0.25) is 0 Å². The topological polar surface area (TPSA) is 0 Å². The van der Waals surface area contributed by atoms with Gasteiger partial charge in [-0.3, -0.25) is 0 Å². The summed E-state index contributed by atoms with van der Waals surface area (Å²) < 4.78 is 151. The van der Waals surface area contributed by atoms with E-state index in [1.165, 1.54) is 0 Å². The first-order chi connectivity index (χ1) is 10.5. The number of benzene rings is 1. The monoisotopic (exact) mass is 378 g/mol. The zero-order valence-electron chi connectivity index (χ0n) is 11.0. The molecule has 0 aromatic heterocycles. The number of hydrogen-bond donors (Lipinski definition) is 0. The minimum atomic E-state index is -5.97. The van der Waals surface area contributed by atoms with Crippen LogP contribution < -0.4 is 0 Å². The van der Waals surface area contributed by atoms with Gasteiger partial charge in [0.1, 0.15) is 0 Å². The second-order valence-electron chi connectivity index (χ2n) is 4.63. The average molecular weight is 378 g/mol. The highest BCUT2D eigenvalue weighted by Crippen LogP contribution is 2.44. The Morgan fingerprint density at radius 1 is 0.500 bits per heavy atom. The Labute approximate surface area is 126 Å². The van der Waals surface area contributed by atoms with E-state index < -0.39 is 47.7 Å². The van der Waals surface area contributed by atoms with Crippen LogP contribution in [0.5, 0.6) is 0 Å². The summed E-state index contributed by atoms with van der Waals surface area (Å²) in [6, 6.07) is -0.537. The standard InChI is InChI=1S/C12H6F12/c13-7(11(19,20)21)9(15,16)5-1-2-6(4-3-5)10(17,18)8(14)12(22,23)24/h1-4,7-8H. The third kappa shape index (κ3) is 3.89. The fraction of sp³-hybridized carbons (Fsp3) is 0.500. The Bertz CT molecular complexity index is 502. The van der Waals surface area contributed by atoms with Gasteiger partial charge in [-0.2, -0.15) is 43.9 Å². The molecule has 0 aliphatic rings. The van der Waals surface area contributed by atoms with Gasteiger partial charge in [0.25, 0.3) is 12.3 Å². The number of alkyl halides is 12. The lowest BCUT2D eigenvalue weighted by molar-refractivity contribution is -0.249. The van der Waals surface area contributed by atoms with E-state index in [4.69, 9.17) is 0 Å². The van der Waals surface area contributed by atoms with E-state index in [2.05, 4.69) is 0 Å². The van der Waals surface area contributed by atoms with Gasteiger partial charge in [-0.1, -0.05) is 24.3 Å². The van der Waals surface area contributed by atoms with Crippen LogP contribution in [0.1, 0.15) is 11.1 Å². The predicted molar refractivity (Wildman–Crippen MR) is 56.1 cm³/mol. The van der Waals surface area contributed by atoms with Crippen LogP contribution in [-0.4, -0.2) is 24.7 Å². The fourth-order valence-corrected chi connectivity index (χ4v) is 1.62. The van der Waals surface area contributed by atoms with Crippen molar-refractivity contribution in [1.29, 1.82) is 0 Å². The maximum absolute atomic E-state index is 13.3. The molecule has 0 N–H and O–H groups in total. The molecule has 0 aliphatic heterocycles. The maximum atomic E-state index is 13.3. The van der Waals surface area contributed by atoms with Crippen molar-refractivity contribution in [1.82, 2.24) is 0 Å². The predicted octanol–water partition coefficient (Wildman–Crippen LogP) is 5.67. The van der Waals surface area contributed by atoms with Crippen LogP contribution in [-0.2, 0) is 11.8 Å². The van der Waals surface area contributed by atoms with Crippen LogP contribution in [0, 0.1) is 0 Å². The SMILES string of the molecule is FC(C(F)(F)F)C(F)(F)c1ccc(C(F)(F)C(F)C(F)(F)F)cc1. The molecule has 12 heteroatoms. The van der Waals surface area contributed by atoms with Crippen LogP contribution in [0.4, 0.5) is 52.7 Å². The number of rotatable bonds is 4. The zero-order chi connectivity index (χ0) is 19.1. The minimum Gasteiger partial charge on any atom is -0.230 e. The Morgan fingerprint density at radius 2 is 0.708 bits per heavy atom. The molecule has 2 atom stereocenters. The highest BCUT2D eigenvalue weighted by molar-refractivity contribution is 5.30. The van der Waals surface area contributed by atoms with Crippen molar-refractivity contribution >= 4 is 0 Å². The van der Waals surface area contributed by atoms with Crippen molar-refractivity contribution < 1.29 is 52.7 Å². The Hall–Kier alpha value is -1.62. The number of halogens is 12. The Balaban J connectivity index is 3.18. The summed E-state index contributed by atoms with van der Waals surface area (Å²) in [5.74, 6) is -10.4. The van der Waals surface area contributed by atoms with Crippen LogP contribution in [0.15, 0.2) is 24.3 Å². The first-order valence-corrected chi connectivity index (χ1v) is 5.80. The molecule has 0 bridgehead atoms. The third-order valence-electron chi connectivity index (χ3n) is 2.87. The van der Waals surface area contributed by atoms with Gasteiger partial charge in [0.2, 0.25) is 0 Å². The van der Waals surface area contributed by atoms with Gasteiger partial charge in [0, 0.05) is 11.1 Å². The van der Waals surface area contributed by atoms with Crippen molar-refractivity contribution in [3.63, 3.8) is 0 Å². The normalized spacial score (nSPS) is 16.8. The molecule has 0 fully saturated rings. The zero-order valence-corrected chi connectivity index (χ0v) is 11.0. The van der Waals surface area contributed by atoms with Crippen molar-refractivity contribution in [2.45, 2.75) is 36.5 Å². The molecular formula is C12H6F12. The molecule has 0 nitrogen and oxygen atoms in total. The molecule has 0 saturated heterocycles. The first kappa shape index (κ1) is 20.4. The van der Waals surface area contributed by atoms with Crippen molar-refractivity contribution in [2.24, 2.45) is 0 Å². The maximum Gasteiger partial charge on any atom is 0.426 e. The van der Waals surface area contributed by atoms with E-state index in [0.29, 0.717) is 0 Å². The summed E-state index contributed by atoms with van der Waals surface area (Å²) in [5.41, 5.74) is -3.43. The second kappa shape index (κ2) is 6.03. The highest BCUT2D eigenvalue weighted by Gasteiger charge is 2.59. The van der Waals surface area contributed by atoms with Gasteiger partial charge in [-0.05, 0) is 0 Å². The second-order valence-corrected chi connectivity index (χ2v) is 4.63. The summed E-state index contributed by atoms with van der Waals surface area (Å²) in [7, 11) is 0. The Kier molecular flexibility index (Phi) is 5.13. The average Bonchev–Trinajstić information content (AvgIpc) is 2.43. The summed E-state index contributed by atoms with van der Waals surface area (Å²) in [6.45, 7) is 0. The molecule has 138 valence electrons.